The first kappa shape index (κ1) is 22.5. The van der Waals surface area contributed by atoms with Crippen LogP contribution in [0.2, 0.25) is 0 Å². The molecule has 0 saturated carbocycles. The Morgan fingerprint density at radius 2 is 1.68 bits per heavy atom. The zero-order chi connectivity index (χ0) is 22.1. The lowest BCUT2D eigenvalue weighted by Gasteiger charge is -2.22. The highest BCUT2D eigenvalue weighted by Crippen LogP contribution is 2.20. The molecule has 6 nitrogen and oxygen atoms in total. The number of amides is 2. The van der Waals surface area contributed by atoms with Crippen LogP contribution in [0, 0.1) is 0 Å². The van der Waals surface area contributed by atoms with E-state index < -0.39 is 0 Å². The number of methoxy groups -OCH3 is 1. The average molecular weight is 438 g/mol. The minimum absolute atomic E-state index is 0.0183. The van der Waals surface area contributed by atoms with E-state index in [4.69, 9.17) is 17.0 Å². The summed E-state index contributed by atoms with van der Waals surface area (Å²) >= 11 is 5.29. The van der Waals surface area contributed by atoms with Crippen LogP contribution in [-0.4, -0.2) is 42.0 Å². The molecule has 1 fully saturated rings. The molecule has 0 radical (unpaired) electrons. The van der Waals surface area contributed by atoms with Gasteiger partial charge in [-0.15, -0.1) is 0 Å². The number of hydrogen-bond acceptors (Lipinski definition) is 4. The molecule has 2 N–H and O–H groups in total. The number of para-hydroxylation sites is 2. The Morgan fingerprint density at radius 1 is 1.00 bits per heavy atom. The van der Waals surface area contributed by atoms with Crippen molar-refractivity contribution in [2.45, 2.75) is 25.7 Å². The number of carbonyl (C=O) groups is 2. The Bertz CT molecular complexity index is 966. The summed E-state index contributed by atoms with van der Waals surface area (Å²) in [7, 11) is 1.58. The third-order valence-corrected chi connectivity index (χ3v) is 5.29. The molecule has 31 heavy (non-hydrogen) atoms. The first-order valence-electron chi connectivity index (χ1n) is 10.4. The molecule has 0 aliphatic carbocycles. The number of nitrogens with zero attached hydrogens (tertiary/aromatic N) is 1. The van der Waals surface area contributed by atoms with Crippen molar-refractivity contribution in [2.75, 3.05) is 25.5 Å². The van der Waals surface area contributed by atoms with Gasteiger partial charge < -0.3 is 15.0 Å². The fourth-order valence-corrected chi connectivity index (χ4v) is 3.71. The van der Waals surface area contributed by atoms with E-state index in [-0.39, 0.29) is 16.9 Å². The van der Waals surface area contributed by atoms with Crippen LogP contribution >= 0.6 is 12.2 Å². The highest BCUT2D eigenvalue weighted by Gasteiger charge is 2.20. The summed E-state index contributed by atoms with van der Waals surface area (Å²) in [5, 5.41) is 5.74. The molecular weight excluding hydrogens is 410 g/mol. The Hall–Kier alpha value is -3.19. The molecule has 0 bridgehead atoms. The van der Waals surface area contributed by atoms with Gasteiger partial charge in [0.2, 0.25) is 5.91 Å². The minimum atomic E-state index is -0.375. The SMILES string of the molecule is COc1ccccc1C=CC(=O)NC(=S)Nc1ccccc1C(=O)N1CCCCCC1. The predicted octanol–water partition coefficient (Wildman–Crippen LogP) is 4.24. The number of ether oxygens (including phenoxy) is 1. The summed E-state index contributed by atoms with van der Waals surface area (Å²) in [4.78, 5) is 27.2. The fourth-order valence-electron chi connectivity index (χ4n) is 3.50. The van der Waals surface area contributed by atoms with Crippen LogP contribution in [-0.2, 0) is 4.79 Å². The molecule has 2 amide bonds. The van der Waals surface area contributed by atoms with Gasteiger partial charge in [-0.05, 0) is 49.3 Å². The van der Waals surface area contributed by atoms with Crippen LogP contribution in [0.5, 0.6) is 5.75 Å². The molecule has 1 aliphatic rings. The number of anilines is 1. The number of nitrogens with one attached hydrogen (secondary N) is 2. The lowest BCUT2D eigenvalue weighted by Crippen LogP contribution is -2.35. The van der Waals surface area contributed by atoms with Gasteiger partial charge in [0.05, 0.1) is 18.4 Å². The molecule has 2 aromatic rings. The highest BCUT2D eigenvalue weighted by atomic mass is 32.1. The van der Waals surface area contributed by atoms with E-state index in [9.17, 15) is 9.59 Å². The molecule has 162 valence electrons. The van der Waals surface area contributed by atoms with Gasteiger partial charge in [-0.2, -0.15) is 0 Å². The van der Waals surface area contributed by atoms with E-state index >= 15 is 0 Å². The van der Waals surface area contributed by atoms with E-state index in [1.807, 2.05) is 41.3 Å². The van der Waals surface area contributed by atoms with Crippen LogP contribution in [0.15, 0.2) is 54.6 Å². The van der Waals surface area contributed by atoms with Crippen molar-refractivity contribution in [1.29, 1.82) is 0 Å². The van der Waals surface area contributed by atoms with E-state index in [1.165, 1.54) is 6.08 Å². The molecule has 7 heteroatoms. The normalized spacial score (nSPS) is 14.0. The van der Waals surface area contributed by atoms with Gasteiger partial charge in [0, 0.05) is 24.7 Å². The van der Waals surface area contributed by atoms with Gasteiger partial charge in [0.25, 0.3) is 5.91 Å². The first-order chi connectivity index (χ1) is 15.1. The van der Waals surface area contributed by atoms with Crippen molar-refractivity contribution in [3.63, 3.8) is 0 Å². The van der Waals surface area contributed by atoms with Crippen molar-refractivity contribution in [3.05, 3.63) is 65.7 Å². The van der Waals surface area contributed by atoms with E-state index in [0.29, 0.717) is 17.0 Å². The summed E-state index contributed by atoms with van der Waals surface area (Å²) < 4.78 is 5.27. The quantitative estimate of drug-likeness (QED) is 0.541. The largest absolute Gasteiger partial charge is 0.496 e. The van der Waals surface area contributed by atoms with E-state index in [2.05, 4.69) is 10.6 Å². The number of thiocarbonyl (C=S) groups is 1. The Kier molecular flexibility index (Phi) is 8.18. The van der Waals surface area contributed by atoms with Crippen molar-refractivity contribution in [3.8, 4) is 5.75 Å². The molecule has 2 aromatic carbocycles. The maximum atomic E-state index is 13.0. The highest BCUT2D eigenvalue weighted by molar-refractivity contribution is 7.80. The van der Waals surface area contributed by atoms with Gasteiger partial charge in [0.15, 0.2) is 5.11 Å². The summed E-state index contributed by atoms with van der Waals surface area (Å²) in [6, 6.07) is 14.6. The molecule has 0 spiro atoms. The summed E-state index contributed by atoms with van der Waals surface area (Å²) in [6.45, 7) is 1.53. The first-order valence-corrected chi connectivity index (χ1v) is 10.8. The fraction of sp³-hybridized carbons (Fsp3) is 0.292. The van der Waals surface area contributed by atoms with Crippen LogP contribution in [0.3, 0.4) is 0 Å². The average Bonchev–Trinajstić information content (AvgIpc) is 3.07. The van der Waals surface area contributed by atoms with Crippen molar-refractivity contribution in [2.24, 2.45) is 0 Å². The number of carbonyl (C=O) groups excluding carboxylic acids is 2. The molecule has 0 unspecified atom stereocenters. The van der Waals surface area contributed by atoms with Crippen LogP contribution in [0.4, 0.5) is 5.69 Å². The van der Waals surface area contributed by atoms with Crippen molar-refractivity contribution < 1.29 is 14.3 Å². The zero-order valence-corrected chi connectivity index (χ0v) is 18.4. The summed E-state index contributed by atoms with van der Waals surface area (Å²) in [5.74, 6) is 0.281. The topological polar surface area (TPSA) is 70.7 Å². The molecular formula is C24H27N3O3S. The maximum Gasteiger partial charge on any atom is 0.255 e. The molecule has 1 aliphatic heterocycles. The number of likely N-dealkylation sites (tertiary alicyclic amines) is 1. The predicted molar refractivity (Wildman–Crippen MR) is 127 cm³/mol. The second kappa shape index (κ2) is 11.3. The lowest BCUT2D eigenvalue weighted by molar-refractivity contribution is -0.115. The van der Waals surface area contributed by atoms with Gasteiger partial charge >= 0.3 is 0 Å². The van der Waals surface area contributed by atoms with Crippen molar-refractivity contribution >= 4 is 40.9 Å². The second-order valence-electron chi connectivity index (χ2n) is 7.27. The number of rotatable bonds is 5. The van der Waals surface area contributed by atoms with Crippen LogP contribution in [0.1, 0.15) is 41.6 Å². The number of hydrogen-bond donors (Lipinski definition) is 2. The minimum Gasteiger partial charge on any atom is -0.496 e. The standard InChI is InChI=1S/C24H27N3O3S/c1-30-21-13-7-4-10-18(21)14-15-22(28)26-24(31)25-20-12-6-5-11-19(20)23(29)27-16-8-2-3-9-17-27/h4-7,10-15H,2-3,8-9,16-17H2,1H3,(H2,25,26,28,31). The van der Waals surface area contributed by atoms with Crippen LogP contribution < -0.4 is 15.4 Å². The van der Waals surface area contributed by atoms with Gasteiger partial charge in [-0.3, -0.25) is 14.9 Å². The Morgan fingerprint density at radius 3 is 2.42 bits per heavy atom. The molecule has 0 atom stereocenters. The zero-order valence-electron chi connectivity index (χ0n) is 17.6. The molecule has 3 rings (SSSR count). The molecule has 1 saturated heterocycles. The third-order valence-electron chi connectivity index (χ3n) is 5.09. The maximum absolute atomic E-state index is 13.0. The lowest BCUT2D eigenvalue weighted by atomic mass is 10.1. The van der Waals surface area contributed by atoms with E-state index in [0.717, 1.165) is 44.3 Å². The number of benzene rings is 2. The van der Waals surface area contributed by atoms with E-state index in [1.54, 1.807) is 25.3 Å². The Labute approximate surface area is 188 Å². The summed E-state index contributed by atoms with van der Waals surface area (Å²) in [6.07, 6.45) is 7.40. The third kappa shape index (κ3) is 6.39. The van der Waals surface area contributed by atoms with Crippen molar-refractivity contribution in [1.82, 2.24) is 10.2 Å². The smallest absolute Gasteiger partial charge is 0.255 e. The van der Waals surface area contributed by atoms with Crippen LogP contribution in [0.25, 0.3) is 6.08 Å². The monoisotopic (exact) mass is 437 g/mol. The summed E-state index contributed by atoms with van der Waals surface area (Å²) in [5.41, 5.74) is 1.91. The molecule has 0 aromatic heterocycles. The molecule has 1 heterocycles. The second-order valence-corrected chi connectivity index (χ2v) is 7.68. The Balaban J connectivity index is 1.63. The van der Waals surface area contributed by atoms with Gasteiger partial charge in [-0.25, -0.2) is 0 Å². The van der Waals surface area contributed by atoms with Gasteiger partial charge in [-0.1, -0.05) is 43.2 Å². The van der Waals surface area contributed by atoms with Gasteiger partial charge in [0.1, 0.15) is 5.75 Å².